The molecule has 1 atom stereocenters. The fourth-order valence-corrected chi connectivity index (χ4v) is 3.17. The predicted octanol–water partition coefficient (Wildman–Crippen LogP) is 3.54. The lowest BCUT2D eigenvalue weighted by atomic mass is 10.1. The summed E-state index contributed by atoms with van der Waals surface area (Å²) in [5.41, 5.74) is -0.785. The van der Waals surface area contributed by atoms with Crippen LogP contribution in [0.2, 0.25) is 0 Å². The van der Waals surface area contributed by atoms with Gasteiger partial charge >= 0.3 is 0 Å². The Bertz CT molecular complexity index is 811. The van der Waals surface area contributed by atoms with Crippen LogP contribution in [0, 0.1) is 5.41 Å². The zero-order valence-corrected chi connectivity index (χ0v) is 17.1. The van der Waals surface area contributed by atoms with E-state index in [9.17, 15) is 4.79 Å². The number of amides is 1. The Morgan fingerprint density at radius 3 is 2.65 bits per heavy atom. The smallest absolute Gasteiger partial charge is 0.272 e. The normalized spacial score (nSPS) is 12.5. The summed E-state index contributed by atoms with van der Waals surface area (Å²) >= 11 is 2.90. The lowest BCUT2D eigenvalue weighted by Crippen LogP contribution is -2.53. The minimum absolute atomic E-state index is 0.0212. The van der Waals surface area contributed by atoms with Crippen LogP contribution in [0.1, 0.15) is 13.8 Å². The molecule has 2 rings (SSSR count). The lowest BCUT2D eigenvalue weighted by Gasteiger charge is -2.27. The van der Waals surface area contributed by atoms with Crippen LogP contribution in [-0.2, 0) is 9.53 Å². The zero-order valence-electron chi connectivity index (χ0n) is 15.5. The second-order valence-electron chi connectivity index (χ2n) is 6.06. The first kappa shape index (κ1) is 20.4. The van der Waals surface area contributed by atoms with Crippen LogP contribution >= 0.6 is 23.5 Å². The Hall–Kier alpha value is -1.93. The molecule has 26 heavy (non-hydrogen) atoms. The molecule has 6 nitrogen and oxygen atoms in total. The number of ether oxygens (including phenoxy) is 2. The van der Waals surface area contributed by atoms with E-state index < -0.39 is 11.0 Å². The van der Waals surface area contributed by atoms with E-state index in [-0.39, 0.29) is 11.8 Å². The number of methoxy groups -OCH3 is 1. The van der Waals surface area contributed by atoms with Gasteiger partial charge in [0.15, 0.2) is 0 Å². The summed E-state index contributed by atoms with van der Waals surface area (Å²) in [6.45, 7) is 3.42. The molecule has 0 saturated carbocycles. The third-order valence-electron chi connectivity index (χ3n) is 3.74. The van der Waals surface area contributed by atoms with Gasteiger partial charge in [0.1, 0.15) is 11.3 Å². The first-order valence-corrected chi connectivity index (χ1v) is 10.4. The fourth-order valence-electron chi connectivity index (χ4n) is 2.29. The van der Waals surface area contributed by atoms with Crippen LogP contribution in [0.3, 0.4) is 0 Å². The molecule has 0 bridgehead atoms. The van der Waals surface area contributed by atoms with Crippen molar-refractivity contribution in [1.29, 1.82) is 5.41 Å². The van der Waals surface area contributed by atoms with Crippen molar-refractivity contribution in [1.82, 2.24) is 10.3 Å². The Kier molecular flexibility index (Phi) is 6.77. The molecule has 1 aromatic heterocycles. The first-order valence-electron chi connectivity index (χ1n) is 7.89. The molecule has 1 aromatic carbocycles. The Morgan fingerprint density at radius 1 is 1.31 bits per heavy atom. The van der Waals surface area contributed by atoms with Crippen LogP contribution < -0.4 is 10.1 Å². The maximum absolute atomic E-state index is 12.6. The van der Waals surface area contributed by atoms with Crippen LogP contribution in [0.5, 0.6) is 5.75 Å². The first-order chi connectivity index (χ1) is 12.3. The summed E-state index contributed by atoms with van der Waals surface area (Å²) in [7, 11) is 1.41. The van der Waals surface area contributed by atoms with Gasteiger partial charge in [0.25, 0.3) is 5.91 Å². The van der Waals surface area contributed by atoms with Crippen molar-refractivity contribution in [2.75, 3.05) is 19.6 Å². The van der Waals surface area contributed by atoms with Gasteiger partial charge in [-0.2, -0.15) is 0 Å². The van der Waals surface area contributed by atoms with Gasteiger partial charge in [-0.3, -0.25) is 15.2 Å². The van der Waals surface area contributed by atoms with Crippen molar-refractivity contribution in [3.8, 4) is 5.75 Å². The van der Waals surface area contributed by atoms with E-state index in [1.807, 2.05) is 30.7 Å². The molecule has 1 unspecified atom stereocenters. The third kappa shape index (κ3) is 4.82. The molecular formula is C18H23N3O3S2. The summed E-state index contributed by atoms with van der Waals surface area (Å²) in [6, 6.07) is 7.58. The Morgan fingerprint density at radius 2 is 2.04 bits per heavy atom. The molecule has 2 N–H and O–H groups in total. The zero-order chi connectivity index (χ0) is 19.3. The summed E-state index contributed by atoms with van der Waals surface area (Å²) in [4.78, 5) is 18.0. The summed E-state index contributed by atoms with van der Waals surface area (Å²) in [6.07, 6.45) is 5.63. The second kappa shape index (κ2) is 8.64. The molecule has 0 radical (unpaired) electrons. The van der Waals surface area contributed by atoms with Crippen LogP contribution in [0.4, 0.5) is 0 Å². The molecule has 2 aromatic rings. The minimum atomic E-state index is -0.913. The highest BCUT2D eigenvalue weighted by Gasteiger charge is 2.31. The van der Waals surface area contributed by atoms with Crippen LogP contribution in [-0.4, -0.2) is 47.4 Å². The van der Waals surface area contributed by atoms with Crippen LogP contribution in [0.15, 0.2) is 35.4 Å². The van der Waals surface area contributed by atoms with Gasteiger partial charge in [0.2, 0.25) is 11.3 Å². The molecule has 0 aliphatic carbocycles. The lowest BCUT2D eigenvalue weighted by molar-refractivity contribution is -0.125. The van der Waals surface area contributed by atoms with Gasteiger partial charge in [0.05, 0.1) is 12.6 Å². The predicted molar refractivity (Wildman–Crippen MR) is 108 cm³/mol. The number of hydrogen-bond donors (Lipinski definition) is 2. The van der Waals surface area contributed by atoms with E-state index in [0.29, 0.717) is 5.75 Å². The number of thioether (sulfide) groups is 2. The monoisotopic (exact) mass is 393 g/mol. The van der Waals surface area contributed by atoms with Gasteiger partial charge in [-0.1, -0.05) is 0 Å². The van der Waals surface area contributed by atoms with E-state index in [4.69, 9.17) is 14.9 Å². The molecule has 0 saturated heterocycles. The highest BCUT2D eigenvalue weighted by Crippen LogP contribution is 2.25. The highest BCUT2D eigenvalue weighted by atomic mass is 32.2. The number of fused-ring (bicyclic) bond motifs is 1. The minimum Gasteiger partial charge on any atom is -0.483 e. The summed E-state index contributed by atoms with van der Waals surface area (Å²) < 4.78 is 10.8. The van der Waals surface area contributed by atoms with Gasteiger partial charge in [-0.25, -0.2) is 0 Å². The average molecular weight is 394 g/mol. The van der Waals surface area contributed by atoms with Crippen molar-refractivity contribution in [2.45, 2.75) is 29.7 Å². The molecule has 1 heterocycles. The van der Waals surface area contributed by atoms with Crippen molar-refractivity contribution < 1.29 is 14.3 Å². The number of nitrogens with one attached hydrogen (secondary N) is 2. The molecule has 0 aliphatic rings. The standard InChI is InChI=1S/C18H23N3O3S2/c1-18(2,17(19)23-3)21-15(22)16(26-5)24-12-6-7-14-11(8-12)9-13(25-4)10-20-14/h6-10,16,19H,1-5H3,(H,21,22). The Balaban J connectivity index is 2.17. The maximum Gasteiger partial charge on any atom is 0.272 e. The molecule has 1 amide bonds. The number of aromatic nitrogens is 1. The van der Waals surface area contributed by atoms with Crippen LogP contribution in [0.25, 0.3) is 10.9 Å². The van der Waals surface area contributed by atoms with E-state index in [2.05, 4.69) is 10.3 Å². The Labute approximate surface area is 161 Å². The van der Waals surface area contributed by atoms with Crippen molar-refractivity contribution in [3.63, 3.8) is 0 Å². The molecular weight excluding hydrogens is 370 g/mol. The number of rotatable bonds is 7. The number of benzene rings is 1. The number of pyridine rings is 1. The summed E-state index contributed by atoms with van der Waals surface area (Å²) in [5, 5.41) is 11.5. The number of carbonyl (C=O) groups excluding carboxylic acids is 1. The van der Waals surface area contributed by atoms with Gasteiger partial charge in [0, 0.05) is 16.5 Å². The average Bonchev–Trinajstić information content (AvgIpc) is 2.64. The van der Waals surface area contributed by atoms with E-state index in [1.54, 1.807) is 37.9 Å². The number of nitrogens with zero attached hydrogens (tertiary/aromatic N) is 1. The van der Waals surface area contributed by atoms with Crippen molar-refractivity contribution in [3.05, 3.63) is 30.5 Å². The molecule has 140 valence electrons. The molecule has 8 heteroatoms. The highest BCUT2D eigenvalue weighted by molar-refractivity contribution is 7.99. The largest absolute Gasteiger partial charge is 0.483 e. The van der Waals surface area contributed by atoms with E-state index >= 15 is 0 Å². The molecule has 0 spiro atoms. The topological polar surface area (TPSA) is 84.3 Å². The molecule has 0 fully saturated rings. The van der Waals surface area contributed by atoms with Gasteiger partial charge < -0.3 is 14.8 Å². The molecule has 0 aliphatic heterocycles. The SMILES string of the molecule is COC(=N)C(C)(C)NC(=O)C(Oc1ccc2ncc(SC)cc2c1)SC. The van der Waals surface area contributed by atoms with Gasteiger partial charge in [-0.05, 0) is 50.6 Å². The van der Waals surface area contributed by atoms with E-state index in [0.717, 1.165) is 15.8 Å². The van der Waals surface area contributed by atoms with Crippen molar-refractivity contribution >= 4 is 46.2 Å². The number of hydrogen-bond acceptors (Lipinski definition) is 7. The maximum atomic E-state index is 12.6. The fraction of sp³-hybridized carbons (Fsp3) is 0.389. The van der Waals surface area contributed by atoms with E-state index in [1.165, 1.54) is 18.9 Å². The van der Waals surface area contributed by atoms with Gasteiger partial charge in [-0.15, -0.1) is 23.5 Å². The third-order valence-corrected chi connectivity index (χ3v) is 5.18. The summed E-state index contributed by atoms with van der Waals surface area (Å²) in [5.74, 6) is 0.249. The second-order valence-corrected chi connectivity index (χ2v) is 7.84. The van der Waals surface area contributed by atoms with Crippen molar-refractivity contribution in [2.24, 2.45) is 0 Å². The quantitative estimate of drug-likeness (QED) is 0.324. The number of carbonyl (C=O) groups is 1.